The summed E-state index contributed by atoms with van der Waals surface area (Å²) in [4.78, 5) is 24.9. The van der Waals surface area contributed by atoms with Gasteiger partial charge in [0.05, 0.1) is 16.2 Å². The molecule has 4 rings (SSSR count). The van der Waals surface area contributed by atoms with Gasteiger partial charge in [-0.2, -0.15) is 0 Å². The minimum atomic E-state index is -0.409. The maximum Gasteiger partial charge on any atom is 0.272 e. The average molecular weight is 415 g/mol. The van der Waals surface area contributed by atoms with Crippen molar-refractivity contribution in [3.05, 3.63) is 74.5 Å². The second kappa shape index (κ2) is 6.67. The molecule has 1 amide bonds. The van der Waals surface area contributed by atoms with E-state index in [1.807, 2.05) is 17.7 Å². The summed E-state index contributed by atoms with van der Waals surface area (Å²) in [5.41, 5.74) is 2.34. The number of aryl methyl sites for hydroxylation is 2. The molecular formula is C20H16Cl2N4O2. The lowest BCUT2D eigenvalue weighted by molar-refractivity contribution is 0.0987. The van der Waals surface area contributed by atoms with E-state index in [0.29, 0.717) is 16.3 Å². The van der Waals surface area contributed by atoms with Crippen molar-refractivity contribution in [1.82, 2.24) is 9.13 Å². The van der Waals surface area contributed by atoms with Crippen LogP contribution in [0.15, 0.2) is 53.3 Å². The molecule has 2 N–H and O–H groups in total. The first-order chi connectivity index (χ1) is 13.3. The first-order valence-corrected chi connectivity index (χ1v) is 9.17. The minimum absolute atomic E-state index is 0.0970. The van der Waals surface area contributed by atoms with E-state index < -0.39 is 5.91 Å². The Morgan fingerprint density at radius 3 is 2.43 bits per heavy atom. The zero-order valence-electron chi connectivity index (χ0n) is 15.1. The molecule has 0 fully saturated rings. The van der Waals surface area contributed by atoms with E-state index in [-0.39, 0.29) is 10.6 Å². The number of hydrazine groups is 1. The number of halogens is 2. The summed E-state index contributed by atoms with van der Waals surface area (Å²) in [7, 11) is 3.61. The Morgan fingerprint density at radius 1 is 0.964 bits per heavy atom. The fourth-order valence-electron chi connectivity index (χ4n) is 3.46. The number of pyridine rings is 1. The highest BCUT2D eigenvalue weighted by molar-refractivity contribution is 6.37. The summed E-state index contributed by atoms with van der Waals surface area (Å²) >= 11 is 12.1. The van der Waals surface area contributed by atoms with Crippen molar-refractivity contribution >= 4 is 56.7 Å². The van der Waals surface area contributed by atoms with Crippen molar-refractivity contribution < 1.29 is 4.79 Å². The molecule has 0 unspecified atom stereocenters. The van der Waals surface area contributed by atoms with Gasteiger partial charge in [-0.3, -0.25) is 14.2 Å². The lowest BCUT2D eigenvalue weighted by Gasteiger charge is -2.18. The number of fused-ring (bicyclic) bond motifs is 3. The number of nitrogens with two attached hydrogens (primary N) is 1. The quantitative estimate of drug-likeness (QED) is 0.307. The van der Waals surface area contributed by atoms with Gasteiger partial charge in [0, 0.05) is 41.5 Å². The maximum atomic E-state index is 12.9. The maximum absolute atomic E-state index is 12.9. The largest absolute Gasteiger partial charge is 0.330 e. The van der Waals surface area contributed by atoms with Crippen molar-refractivity contribution in [1.29, 1.82) is 0 Å². The number of carbonyl (C=O) groups excluding carboxylic acids is 1. The minimum Gasteiger partial charge on any atom is -0.330 e. The first kappa shape index (κ1) is 18.6. The molecule has 2 aromatic carbocycles. The smallest absolute Gasteiger partial charge is 0.272 e. The number of amides is 1. The number of hydrogen-bond donors (Lipinski definition) is 1. The first-order valence-electron chi connectivity index (χ1n) is 8.42. The summed E-state index contributed by atoms with van der Waals surface area (Å²) in [6, 6.07) is 13.3. The average Bonchev–Trinajstić information content (AvgIpc) is 2.96. The SMILES string of the molecule is Cn1c(=O)ccc2c3cc(C(=O)N(N)c4ccc(Cl)cc4Cl)ccc3n(C)c21. The van der Waals surface area contributed by atoms with Gasteiger partial charge in [-0.1, -0.05) is 23.2 Å². The molecule has 4 aromatic rings. The monoisotopic (exact) mass is 414 g/mol. The van der Waals surface area contributed by atoms with Crippen LogP contribution >= 0.6 is 23.2 Å². The van der Waals surface area contributed by atoms with Crippen LogP contribution in [0.5, 0.6) is 0 Å². The van der Waals surface area contributed by atoms with Crippen LogP contribution in [0.2, 0.25) is 10.0 Å². The third-order valence-electron chi connectivity index (χ3n) is 4.88. The summed E-state index contributed by atoms with van der Waals surface area (Å²) in [6.07, 6.45) is 0. The Labute approximate surface area is 170 Å². The fourth-order valence-corrected chi connectivity index (χ4v) is 3.96. The van der Waals surface area contributed by atoms with Gasteiger partial charge in [-0.05, 0) is 42.5 Å². The molecule has 8 heteroatoms. The predicted molar refractivity (Wildman–Crippen MR) is 113 cm³/mol. The van der Waals surface area contributed by atoms with Crippen LogP contribution in [0.25, 0.3) is 21.9 Å². The van der Waals surface area contributed by atoms with E-state index in [4.69, 9.17) is 29.0 Å². The van der Waals surface area contributed by atoms with Crippen LogP contribution in [0.4, 0.5) is 5.69 Å². The van der Waals surface area contributed by atoms with E-state index >= 15 is 0 Å². The molecule has 0 atom stereocenters. The molecule has 2 aromatic heterocycles. The standard InChI is InChI=1S/C20H16Cl2N4O2/c1-24-16-6-3-11(9-14(16)13-5-8-18(27)25(2)19(13)24)20(28)26(23)17-7-4-12(21)10-15(17)22/h3-10H,23H2,1-2H3. The number of anilines is 1. The Kier molecular flexibility index (Phi) is 4.42. The zero-order chi connectivity index (χ0) is 20.2. The van der Waals surface area contributed by atoms with Crippen LogP contribution in [0.1, 0.15) is 10.4 Å². The van der Waals surface area contributed by atoms with Crippen molar-refractivity contribution in [2.45, 2.75) is 0 Å². The highest BCUT2D eigenvalue weighted by Gasteiger charge is 2.19. The van der Waals surface area contributed by atoms with Crippen LogP contribution < -0.4 is 16.4 Å². The molecule has 0 spiro atoms. The summed E-state index contributed by atoms with van der Waals surface area (Å²) in [5.74, 6) is 5.62. The molecule has 0 aliphatic heterocycles. The third kappa shape index (κ3) is 2.77. The second-order valence-electron chi connectivity index (χ2n) is 6.53. The topological polar surface area (TPSA) is 73.3 Å². The summed E-state index contributed by atoms with van der Waals surface area (Å²) < 4.78 is 3.51. The second-order valence-corrected chi connectivity index (χ2v) is 7.37. The van der Waals surface area contributed by atoms with Gasteiger partial charge in [0.2, 0.25) is 0 Å². The lowest BCUT2D eigenvalue weighted by Crippen LogP contribution is -2.37. The van der Waals surface area contributed by atoms with Gasteiger partial charge in [0.1, 0.15) is 5.65 Å². The molecular weight excluding hydrogens is 399 g/mol. The van der Waals surface area contributed by atoms with Crippen LogP contribution in [-0.2, 0) is 14.1 Å². The number of benzene rings is 2. The third-order valence-corrected chi connectivity index (χ3v) is 5.42. The summed E-state index contributed by atoms with van der Waals surface area (Å²) in [5, 5.41) is 3.47. The zero-order valence-corrected chi connectivity index (χ0v) is 16.6. The summed E-state index contributed by atoms with van der Waals surface area (Å²) in [6.45, 7) is 0. The Balaban J connectivity index is 1.85. The Hall–Kier alpha value is -2.80. The van der Waals surface area contributed by atoms with E-state index in [1.165, 1.54) is 12.1 Å². The van der Waals surface area contributed by atoms with E-state index in [0.717, 1.165) is 26.9 Å². The molecule has 142 valence electrons. The van der Waals surface area contributed by atoms with Crippen LogP contribution in [-0.4, -0.2) is 15.0 Å². The van der Waals surface area contributed by atoms with Gasteiger partial charge >= 0.3 is 0 Å². The van der Waals surface area contributed by atoms with Crippen molar-refractivity contribution in [2.24, 2.45) is 19.9 Å². The van der Waals surface area contributed by atoms with Crippen molar-refractivity contribution in [3.63, 3.8) is 0 Å². The molecule has 0 saturated heterocycles. The van der Waals surface area contributed by atoms with Crippen molar-refractivity contribution in [3.8, 4) is 0 Å². The van der Waals surface area contributed by atoms with Gasteiger partial charge in [-0.15, -0.1) is 0 Å². The normalized spacial score (nSPS) is 11.3. The molecule has 28 heavy (non-hydrogen) atoms. The highest BCUT2D eigenvalue weighted by Crippen LogP contribution is 2.30. The van der Waals surface area contributed by atoms with Crippen LogP contribution in [0, 0.1) is 0 Å². The number of carbonyl (C=O) groups is 1. The number of rotatable bonds is 2. The van der Waals surface area contributed by atoms with Gasteiger partial charge in [0.15, 0.2) is 0 Å². The Bertz CT molecular complexity index is 1320. The van der Waals surface area contributed by atoms with Gasteiger partial charge in [0.25, 0.3) is 11.5 Å². The van der Waals surface area contributed by atoms with E-state index in [9.17, 15) is 9.59 Å². The van der Waals surface area contributed by atoms with Gasteiger partial charge in [-0.25, -0.2) is 10.9 Å². The number of hydrogen-bond acceptors (Lipinski definition) is 3. The molecule has 0 aliphatic carbocycles. The number of aromatic nitrogens is 2. The molecule has 0 radical (unpaired) electrons. The molecule has 6 nitrogen and oxygen atoms in total. The predicted octanol–water partition coefficient (Wildman–Crippen LogP) is 3.86. The Morgan fingerprint density at radius 2 is 1.71 bits per heavy atom. The molecule has 0 bridgehead atoms. The van der Waals surface area contributed by atoms with Crippen LogP contribution in [0.3, 0.4) is 0 Å². The van der Waals surface area contributed by atoms with Crippen molar-refractivity contribution in [2.75, 3.05) is 5.01 Å². The van der Waals surface area contributed by atoms with E-state index in [2.05, 4.69) is 0 Å². The molecule has 2 heterocycles. The van der Waals surface area contributed by atoms with Gasteiger partial charge < -0.3 is 4.57 Å². The molecule has 0 saturated carbocycles. The highest BCUT2D eigenvalue weighted by atomic mass is 35.5. The van der Waals surface area contributed by atoms with E-state index in [1.54, 1.807) is 41.9 Å². The fraction of sp³-hybridized carbons (Fsp3) is 0.100. The molecule has 0 aliphatic rings. The lowest BCUT2D eigenvalue weighted by atomic mass is 10.1. The number of nitrogens with zero attached hydrogens (tertiary/aromatic N) is 3.